The van der Waals surface area contributed by atoms with E-state index in [1.54, 1.807) is 19.9 Å². The second-order valence-electron chi connectivity index (χ2n) is 5.82. The van der Waals surface area contributed by atoms with Crippen LogP contribution in [-0.2, 0) is 0 Å². The quantitative estimate of drug-likeness (QED) is 0.848. The molecule has 2 aromatic rings. The molecule has 2 atom stereocenters. The number of fused-ring (bicyclic) bond motifs is 1. The first-order valence-electron chi connectivity index (χ1n) is 7.16. The SMILES string of the molecule is Cc1[nH]c2cc(C3CC(C(F)(F)F)CCN3)nn2c(=O)c1C. The zero-order valence-corrected chi connectivity index (χ0v) is 12.3. The van der Waals surface area contributed by atoms with Crippen LogP contribution in [0.25, 0.3) is 5.65 Å². The lowest BCUT2D eigenvalue weighted by Crippen LogP contribution is -2.38. The van der Waals surface area contributed by atoms with Crippen molar-refractivity contribution in [2.24, 2.45) is 5.92 Å². The summed E-state index contributed by atoms with van der Waals surface area (Å²) in [6.45, 7) is 3.75. The summed E-state index contributed by atoms with van der Waals surface area (Å²) in [6.07, 6.45) is -4.17. The highest BCUT2D eigenvalue weighted by atomic mass is 19.4. The Morgan fingerprint density at radius 2 is 2.09 bits per heavy atom. The topological polar surface area (TPSA) is 62.2 Å². The van der Waals surface area contributed by atoms with Crippen LogP contribution in [-0.4, -0.2) is 27.3 Å². The summed E-state index contributed by atoms with van der Waals surface area (Å²) in [6, 6.07) is 1.15. The maximum Gasteiger partial charge on any atom is 0.391 e. The van der Waals surface area contributed by atoms with Crippen LogP contribution in [0, 0.1) is 19.8 Å². The largest absolute Gasteiger partial charge is 0.391 e. The third kappa shape index (κ3) is 2.51. The standard InChI is InChI=1S/C14H17F3N4O/c1-7-8(2)19-12-6-11(20-21(12)13(7)22)10-5-9(3-4-18-10)14(15,16)17/h6,9-10,18-19H,3-5H2,1-2H3. The summed E-state index contributed by atoms with van der Waals surface area (Å²) in [5, 5.41) is 7.25. The van der Waals surface area contributed by atoms with Crippen LogP contribution in [0.2, 0.25) is 0 Å². The first kappa shape index (κ1) is 15.1. The number of piperidine rings is 1. The number of hydrogen-bond donors (Lipinski definition) is 2. The van der Waals surface area contributed by atoms with Gasteiger partial charge in [-0.1, -0.05) is 0 Å². The van der Waals surface area contributed by atoms with E-state index in [2.05, 4.69) is 15.4 Å². The van der Waals surface area contributed by atoms with E-state index in [0.717, 1.165) is 5.69 Å². The van der Waals surface area contributed by atoms with Crippen molar-refractivity contribution in [1.82, 2.24) is 19.9 Å². The normalized spacial score (nSPS) is 23.1. The molecule has 0 saturated carbocycles. The fourth-order valence-electron chi connectivity index (χ4n) is 2.86. The maximum absolute atomic E-state index is 12.9. The summed E-state index contributed by atoms with van der Waals surface area (Å²) in [5.74, 6) is -1.33. The van der Waals surface area contributed by atoms with Gasteiger partial charge in [-0.05, 0) is 33.2 Å². The van der Waals surface area contributed by atoms with Crippen molar-refractivity contribution in [3.63, 3.8) is 0 Å². The lowest BCUT2D eigenvalue weighted by molar-refractivity contribution is -0.183. The molecular formula is C14H17F3N4O. The molecule has 0 aliphatic carbocycles. The molecule has 2 aromatic heterocycles. The molecule has 0 spiro atoms. The van der Waals surface area contributed by atoms with E-state index in [1.807, 2.05) is 0 Å². The number of aromatic nitrogens is 3. The summed E-state index contributed by atoms with van der Waals surface area (Å²) < 4.78 is 39.9. The molecule has 0 aromatic carbocycles. The molecule has 8 heteroatoms. The van der Waals surface area contributed by atoms with Gasteiger partial charge >= 0.3 is 6.18 Å². The number of H-pyrrole nitrogens is 1. The summed E-state index contributed by atoms with van der Waals surface area (Å²) >= 11 is 0. The third-order valence-corrected chi connectivity index (χ3v) is 4.34. The molecule has 0 radical (unpaired) electrons. The summed E-state index contributed by atoms with van der Waals surface area (Å²) in [5.41, 5.74) is 1.99. The van der Waals surface area contributed by atoms with Gasteiger partial charge in [-0.3, -0.25) is 4.79 Å². The number of rotatable bonds is 1. The number of hydrogen-bond acceptors (Lipinski definition) is 3. The Labute approximate surface area is 124 Å². The van der Waals surface area contributed by atoms with Gasteiger partial charge in [-0.2, -0.15) is 22.8 Å². The molecule has 0 bridgehead atoms. The smallest absolute Gasteiger partial charge is 0.343 e. The van der Waals surface area contributed by atoms with E-state index in [0.29, 0.717) is 16.9 Å². The number of nitrogens with one attached hydrogen (secondary N) is 2. The molecule has 22 heavy (non-hydrogen) atoms. The number of halogens is 3. The van der Waals surface area contributed by atoms with Gasteiger partial charge in [0.2, 0.25) is 0 Å². The van der Waals surface area contributed by atoms with Crippen molar-refractivity contribution >= 4 is 5.65 Å². The van der Waals surface area contributed by atoms with Crippen LogP contribution in [0.1, 0.15) is 35.8 Å². The first-order valence-corrected chi connectivity index (χ1v) is 7.16. The Bertz CT molecular complexity index is 762. The van der Waals surface area contributed by atoms with Gasteiger partial charge in [0.05, 0.1) is 17.7 Å². The van der Waals surface area contributed by atoms with E-state index in [1.165, 1.54) is 4.52 Å². The van der Waals surface area contributed by atoms with Gasteiger partial charge in [0.1, 0.15) is 5.65 Å². The van der Waals surface area contributed by atoms with Crippen LogP contribution in [0.3, 0.4) is 0 Å². The van der Waals surface area contributed by atoms with Crippen LogP contribution in [0.15, 0.2) is 10.9 Å². The highest BCUT2D eigenvalue weighted by Crippen LogP contribution is 2.37. The van der Waals surface area contributed by atoms with Crippen molar-refractivity contribution in [1.29, 1.82) is 0 Å². The molecule has 3 rings (SSSR count). The third-order valence-electron chi connectivity index (χ3n) is 4.34. The molecule has 1 aliphatic rings. The van der Waals surface area contributed by atoms with Crippen LogP contribution < -0.4 is 10.9 Å². The fourth-order valence-corrected chi connectivity index (χ4v) is 2.86. The maximum atomic E-state index is 12.9. The number of alkyl halides is 3. The van der Waals surface area contributed by atoms with Crippen molar-refractivity contribution in [2.75, 3.05) is 6.54 Å². The molecule has 1 fully saturated rings. The Balaban J connectivity index is 1.97. The minimum absolute atomic E-state index is 0.0560. The van der Waals surface area contributed by atoms with Crippen LogP contribution in [0.5, 0.6) is 0 Å². The van der Waals surface area contributed by atoms with Crippen LogP contribution >= 0.6 is 0 Å². The predicted molar refractivity (Wildman–Crippen MR) is 74.8 cm³/mol. The Hall–Kier alpha value is -1.83. The van der Waals surface area contributed by atoms with Gasteiger partial charge in [-0.25, -0.2) is 0 Å². The summed E-state index contributed by atoms with van der Waals surface area (Å²) in [7, 11) is 0. The van der Waals surface area contributed by atoms with Gasteiger partial charge in [-0.15, -0.1) is 0 Å². The van der Waals surface area contributed by atoms with Gasteiger partial charge in [0.15, 0.2) is 0 Å². The minimum atomic E-state index is -4.19. The number of aryl methyl sites for hydroxylation is 1. The molecule has 1 aliphatic heterocycles. The molecule has 3 heterocycles. The van der Waals surface area contributed by atoms with Gasteiger partial charge < -0.3 is 10.3 Å². The molecule has 1 saturated heterocycles. The lowest BCUT2D eigenvalue weighted by atomic mass is 9.90. The molecule has 2 N–H and O–H groups in total. The number of nitrogens with zero attached hydrogens (tertiary/aromatic N) is 2. The van der Waals surface area contributed by atoms with Gasteiger partial charge in [0.25, 0.3) is 5.56 Å². The van der Waals surface area contributed by atoms with E-state index in [-0.39, 0.29) is 24.9 Å². The monoisotopic (exact) mass is 314 g/mol. The second-order valence-corrected chi connectivity index (χ2v) is 5.82. The first-order chi connectivity index (χ1) is 10.3. The second kappa shape index (κ2) is 5.12. The molecule has 0 amide bonds. The van der Waals surface area contributed by atoms with E-state index in [4.69, 9.17) is 0 Å². The van der Waals surface area contributed by atoms with E-state index in [9.17, 15) is 18.0 Å². The fraction of sp³-hybridized carbons (Fsp3) is 0.571. The lowest BCUT2D eigenvalue weighted by Gasteiger charge is -2.30. The van der Waals surface area contributed by atoms with E-state index >= 15 is 0 Å². The van der Waals surface area contributed by atoms with Crippen molar-refractivity contribution in [3.05, 3.63) is 33.4 Å². The predicted octanol–water partition coefficient (Wildman–Crippen LogP) is 2.24. The minimum Gasteiger partial charge on any atom is -0.343 e. The molecule has 120 valence electrons. The number of aromatic amines is 1. The average Bonchev–Trinajstić information content (AvgIpc) is 2.88. The average molecular weight is 314 g/mol. The highest BCUT2D eigenvalue weighted by molar-refractivity contribution is 5.42. The highest BCUT2D eigenvalue weighted by Gasteiger charge is 2.42. The van der Waals surface area contributed by atoms with E-state index < -0.39 is 18.1 Å². The molecular weight excluding hydrogens is 297 g/mol. The van der Waals surface area contributed by atoms with Gasteiger partial charge in [0, 0.05) is 17.3 Å². The van der Waals surface area contributed by atoms with Crippen LogP contribution in [0.4, 0.5) is 13.2 Å². The molecule has 2 unspecified atom stereocenters. The zero-order chi connectivity index (χ0) is 16.1. The van der Waals surface area contributed by atoms with Crippen molar-refractivity contribution in [2.45, 2.75) is 38.9 Å². The van der Waals surface area contributed by atoms with Crippen molar-refractivity contribution in [3.8, 4) is 0 Å². The zero-order valence-electron chi connectivity index (χ0n) is 12.3. The Morgan fingerprint density at radius 3 is 2.77 bits per heavy atom. The Kier molecular flexibility index (Phi) is 3.51. The summed E-state index contributed by atoms with van der Waals surface area (Å²) in [4.78, 5) is 15.2. The van der Waals surface area contributed by atoms with Crippen molar-refractivity contribution < 1.29 is 13.2 Å². The Morgan fingerprint density at radius 1 is 1.36 bits per heavy atom. The molecule has 5 nitrogen and oxygen atoms in total.